The highest BCUT2D eigenvalue weighted by molar-refractivity contribution is 6.30. The van der Waals surface area contributed by atoms with Crippen molar-refractivity contribution in [1.29, 1.82) is 0 Å². The Bertz CT molecular complexity index is 1630. The number of anilines is 1. The molecular formula is C27H22ClN7O. The minimum absolute atomic E-state index is 0.232. The maximum absolute atomic E-state index is 12.5. The topological polar surface area (TPSA) is 105 Å². The number of aromatic nitrogens is 5. The summed E-state index contributed by atoms with van der Waals surface area (Å²) < 4.78 is 1.77. The third kappa shape index (κ3) is 3.29. The molecular weight excluding hydrogens is 474 g/mol. The Morgan fingerprint density at radius 3 is 2.47 bits per heavy atom. The van der Waals surface area contributed by atoms with Gasteiger partial charge in [-0.3, -0.25) is 9.89 Å². The van der Waals surface area contributed by atoms with Crippen LogP contribution in [-0.2, 0) is 13.1 Å². The molecule has 1 saturated carbocycles. The van der Waals surface area contributed by atoms with Crippen LogP contribution in [-0.4, -0.2) is 30.7 Å². The fourth-order valence-corrected chi connectivity index (χ4v) is 5.44. The summed E-state index contributed by atoms with van der Waals surface area (Å²) in [7, 11) is 0. The molecule has 1 aliphatic heterocycles. The van der Waals surface area contributed by atoms with Crippen molar-refractivity contribution in [3.8, 4) is 22.4 Å². The van der Waals surface area contributed by atoms with E-state index in [0.717, 1.165) is 59.7 Å². The number of carbonyl (C=O) groups is 1. The molecule has 0 bridgehead atoms. The number of H-pyrrole nitrogens is 1. The molecule has 0 spiro atoms. The van der Waals surface area contributed by atoms with Crippen LogP contribution in [0.2, 0.25) is 5.02 Å². The van der Waals surface area contributed by atoms with Gasteiger partial charge in [0.1, 0.15) is 5.82 Å². The third-order valence-corrected chi connectivity index (χ3v) is 7.26. The summed E-state index contributed by atoms with van der Waals surface area (Å²) in [5.74, 6) is 0.505. The van der Waals surface area contributed by atoms with Crippen LogP contribution >= 0.6 is 11.6 Å². The van der Waals surface area contributed by atoms with Crippen molar-refractivity contribution in [1.82, 2.24) is 24.8 Å². The van der Waals surface area contributed by atoms with E-state index in [9.17, 15) is 4.79 Å². The summed E-state index contributed by atoms with van der Waals surface area (Å²) in [5.41, 5.74) is 13.5. The van der Waals surface area contributed by atoms with Gasteiger partial charge in [0.25, 0.3) is 5.91 Å². The molecule has 1 fully saturated rings. The van der Waals surface area contributed by atoms with E-state index in [1.807, 2.05) is 30.5 Å². The van der Waals surface area contributed by atoms with Gasteiger partial charge in [-0.1, -0.05) is 48.0 Å². The van der Waals surface area contributed by atoms with Crippen molar-refractivity contribution in [2.45, 2.75) is 31.8 Å². The van der Waals surface area contributed by atoms with Gasteiger partial charge in [-0.2, -0.15) is 10.2 Å². The van der Waals surface area contributed by atoms with E-state index < -0.39 is 5.91 Å². The van der Waals surface area contributed by atoms with Crippen LogP contribution in [0.1, 0.15) is 45.9 Å². The number of primary amides is 1. The number of fused-ring (bicyclic) bond motifs is 2. The van der Waals surface area contributed by atoms with E-state index in [1.165, 1.54) is 11.1 Å². The smallest absolute Gasteiger partial charge is 0.269 e. The van der Waals surface area contributed by atoms with Gasteiger partial charge in [-0.25, -0.2) is 9.50 Å². The van der Waals surface area contributed by atoms with Crippen LogP contribution in [0.25, 0.3) is 28.0 Å². The lowest BCUT2D eigenvalue weighted by molar-refractivity contribution is 0.0994. The summed E-state index contributed by atoms with van der Waals surface area (Å²) in [6, 6.07) is 16.2. The Hall–Kier alpha value is -4.17. The second-order valence-electron chi connectivity index (χ2n) is 9.42. The van der Waals surface area contributed by atoms with Gasteiger partial charge in [-0.15, -0.1) is 0 Å². The second-order valence-corrected chi connectivity index (χ2v) is 9.85. The summed E-state index contributed by atoms with van der Waals surface area (Å²) in [6.07, 6.45) is 5.57. The Kier molecular flexibility index (Phi) is 4.65. The van der Waals surface area contributed by atoms with E-state index in [2.05, 4.69) is 39.4 Å². The predicted molar refractivity (Wildman–Crippen MR) is 138 cm³/mol. The zero-order valence-corrected chi connectivity index (χ0v) is 20.0. The number of hydrogen-bond donors (Lipinski definition) is 2. The van der Waals surface area contributed by atoms with Crippen LogP contribution < -0.4 is 10.6 Å². The van der Waals surface area contributed by atoms with Crippen molar-refractivity contribution in [2.75, 3.05) is 4.90 Å². The van der Waals surface area contributed by atoms with Gasteiger partial charge in [-0.05, 0) is 47.6 Å². The van der Waals surface area contributed by atoms with Crippen LogP contribution in [0.3, 0.4) is 0 Å². The van der Waals surface area contributed by atoms with Gasteiger partial charge in [0.15, 0.2) is 11.3 Å². The molecule has 3 aromatic heterocycles. The Morgan fingerprint density at radius 2 is 1.83 bits per heavy atom. The van der Waals surface area contributed by atoms with Crippen molar-refractivity contribution in [3.63, 3.8) is 0 Å². The molecule has 7 rings (SSSR count). The maximum atomic E-state index is 12.5. The van der Waals surface area contributed by atoms with Crippen molar-refractivity contribution < 1.29 is 4.79 Å². The molecule has 8 nitrogen and oxygen atoms in total. The van der Waals surface area contributed by atoms with Gasteiger partial charge in [0, 0.05) is 35.4 Å². The third-order valence-electron chi connectivity index (χ3n) is 7.02. The van der Waals surface area contributed by atoms with Crippen molar-refractivity contribution in [2.24, 2.45) is 5.73 Å². The molecule has 0 saturated heterocycles. The van der Waals surface area contributed by atoms with Crippen molar-refractivity contribution in [3.05, 3.63) is 88.3 Å². The highest BCUT2D eigenvalue weighted by atomic mass is 35.5. The lowest BCUT2D eigenvalue weighted by Crippen LogP contribution is -2.19. The molecule has 0 unspecified atom stereocenters. The molecule has 3 N–H and O–H groups in total. The number of nitrogens with one attached hydrogen (secondary N) is 1. The van der Waals surface area contributed by atoms with E-state index >= 15 is 0 Å². The molecule has 5 aromatic rings. The Labute approximate surface area is 211 Å². The summed E-state index contributed by atoms with van der Waals surface area (Å²) in [6.45, 7) is 1.46. The molecule has 1 amide bonds. The number of amides is 1. The van der Waals surface area contributed by atoms with Crippen LogP contribution in [0.5, 0.6) is 0 Å². The number of nitrogens with two attached hydrogens (primary N) is 1. The van der Waals surface area contributed by atoms with Crippen LogP contribution in [0, 0.1) is 0 Å². The Morgan fingerprint density at radius 1 is 1.06 bits per heavy atom. The fraction of sp³-hybridized carbons (Fsp3) is 0.185. The first-order chi connectivity index (χ1) is 17.6. The maximum Gasteiger partial charge on any atom is 0.269 e. The summed E-state index contributed by atoms with van der Waals surface area (Å²) in [5, 5.41) is 12.5. The van der Waals surface area contributed by atoms with Gasteiger partial charge >= 0.3 is 0 Å². The molecule has 178 valence electrons. The van der Waals surface area contributed by atoms with E-state index in [0.29, 0.717) is 10.7 Å². The molecule has 36 heavy (non-hydrogen) atoms. The number of halogens is 1. The normalized spacial score (nSPS) is 15.0. The van der Waals surface area contributed by atoms with Gasteiger partial charge < -0.3 is 10.6 Å². The van der Waals surface area contributed by atoms with Crippen molar-refractivity contribution >= 4 is 29.0 Å². The average molecular weight is 496 g/mol. The number of benzene rings is 2. The van der Waals surface area contributed by atoms with E-state index in [4.69, 9.17) is 27.4 Å². The zero-order chi connectivity index (χ0) is 24.4. The van der Waals surface area contributed by atoms with Gasteiger partial charge in [0.2, 0.25) is 0 Å². The Balaban J connectivity index is 1.59. The molecule has 2 aromatic carbocycles. The molecule has 2 aliphatic rings. The first-order valence-corrected chi connectivity index (χ1v) is 12.3. The molecule has 9 heteroatoms. The lowest BCUT2D eigenvalue weighted by atomic mass is 10.00. The second kappa shape index (κ2) is 7.93. The SMILES string of the molecule is NC(=O)c1nn2c(-c3cn[nH]c3)c(-c3cccc(Cl)c3)c(N3Cc4ccccc4C3)nc2c1C1CC1. The van der Waals surface area contributed by atoms with Crippen LogP contribution in [0.15, 0.2) is 60.9 Å². The lowest BCUT2D eigenvalue weighted by Gasteiger charge is -2.23. The molecule has 0 radical (unpaired) electrons. The highest BCUT2D eigenvalue weighted by Crippen LogP contribution is 2.47. The zero-order valence-electron chi connectivity index (χ0n) is 19.3. The van der Waals surface area contributed by atoms with Gasteiger partial charge in [0.05, 0.1) is 17.5 Å². The number of nitrogens with zero attached hydrogens (tertiary/aromatic N) is 5. The quantitative estimate of drug-likeness (QED) is 0.359. The fourth-order valence-electron chi connectivity index (χ4n) is 5.25. The minimum Gasteiger partial charge on any atom is -0.364 e. The first-order valence-electron chi connectivity index (χ1n) is 11.9. The number of aromatic amines is 1. The largest absolute Gasteiger partial charge is 0.364 e. The van der Waals surface area contributed by atoms with Crippen LogP contribution in [0.4, 0.5) is 5.82 Å². The number of carbonyl (C=O) groups excluding carboxylic acids is 1. The van der Waals surface area contributed by atoms with E-state index in [-0.39, 0.29) is 11.6 Å². The minimum atomic E-state index is -0.542. The van der Waals surface area contributed by atoms with E-state index in [1.54, 1.807) is 10.7 Å². The predicted octanol–water partition coefficient (Wildman–Crippen LogP) is 4.94. The summed E-state index contributed by atoms with van der Waals surface area (Å²) in [4.78, 5) is 20.0. The monoisotopic (exact) mass is 495 g/mol. The summed E-state index contributed by atoms with van der Waals surface area (Å²) >= 11 is 6.46. The number of hydrogen-bond acceptors (Lipinski definition) is 5. The first kappa shape index (κ1) is 21.1. The molecule has 1 aliphatic carbocycles. The molecule has 4 heterocycles. The average Bonchev–Trinajstić information content (AvgIpc) is 3.27. The highest BCUT2D eigenvalue weighted by Gasteiger charge is 2.36. The molecule has 0 atom stereocenters. The number of rotatable bonds is 5. The standard InChI is InChI=1S/C27H22ClN7O/c28-20-7-3-6-16(10-20)22-24(19-11-30-31-12-19)35-27(21(15-8-9-15)23(33-35)25(29)36)32-26(22)34-13-17-4-1-2-5-18(17)14-34/h1-7,10-12,15H,8-9,13-14H2,(H2,29,36)(H,30,31).